The van der Waals surface area contributed by atoms with Gasteiger partial charge in [0.25, 0.3) is 0 Å². The van der Waals surface area contributed by atoms with Gasteiger partial charge in [-0.3, -0.25) is 4.90 Å². The van der Waals surface area contributed by atoms with Crippen LogP contribution in [0.25, 0.3) is 0 Å². The van der Waals surface area contributed by atoms with Crippen molar-refractivity contribution < 1.29 is 8.94 Å². The molecule has 1 aliphatic heterocycles. The Morgan fingerprint density at radius 3 is 3.00 bits per heavy atom. The van der Waals surface area contributed by atoms with Gasteiger partial charge in [-0.1, -0.05) is 12.1 Å². The molecule has 0 bridgehead atoms. The monoisotopic (exact) mass is 276 g/mol. The van der Waals surface area contributed by atoms with E-state index in [4.69, 9.17) is 8.94 Å². The highest BCUT2D eigenvalue weighted by atomic mass is 16.5. The molecule has 6 nitrogen and oxygen atoms in total. The van der Waals surface area contributed by atoms with E-state index in [2.05, 4.69) is 20.0 Å². The third-order valence-electron chi connectivity index (χ3n) is 3.68. The predicted molar refractivity (Wildman–Crippen MR) is 72.2 cm³/mol. The Morgan fingerprint density at radius 1 is 1.40 bits per heavy atom. The number of oxazole rings is 1. The Labute approximate surface area is 118 Å². The van der Waals surface area contributed by atoms with Crippen molar-refractivity contribution in [2.75, 3.05) is 13.1 Å². The second-order valence-electron chi connectivity index (χ2n) is 5.34. The maximum Gasteiger partial charge on any atom is 0.226 e. The lowest BCUT2D eigenvalue weighted by Gasteiger charge is -2.30. The maximum absolute atomic E-state index is 5.55. The van der Waals surface area contributed by atoms with E-state index in [1.165, 1.54) is 0 Å². The molecule has 2 aromatic rings. The molecule has 1 atom stereocenters. The number of hydrogen-bond donors (Lipinski definition) is 0. The number of nitrogens with zero attached hydrogens (tertiary/aromatic N) is 4. The van der Waals surface area contributed by atoms with Crippen LogP contribution in [-0.4, -0.2) is 33.1 Å². The molecule has 0 radical (unpaired) electrons. The first-order valence-corrected chi connectivity index (χ1v) is 7.20. The van der Waals surface area contributed by atoms with E-state index in [1.54, 1.807) is 6.20 Å². The fourth-order valence-electron chi connectivity index (χ4n) is 2.65. The van der Waals surface area contributed by atoms with Gasteiger partial charge in [-0.05, 0) is 26.3 Å². The molecule has 1 saturated heterocycles. The van der Waals surface area contributed by atoms with Crippen molar-refractivity contribution in [2.24, 2.45) is 0 Å². The van der Waals surface area contributed by atoms with E-state index in [9.17, 15) is 0 Å². The third-order valence-corrected chi connectivity index (χ3v) is 3.68. The van der Waals surface area contributed by atoms with Crippen molar-refractivity contribution in [3.05, 3.63) is 29.6 Å². The maximum atomic E-state index is 5.55. The van der Waals surface area contributed by atoms with Crippen LogP contribution in [0.15, 0.2) is 15.1 Å². The average molecular weight is 276 g/mol. The molecule has 1 aliphatic rings. The van der Waals surface area contributed by atoms with E-state index in [0.29, 0.717) is 5.92 Å². The molecule has 6 heteroatoms. The van der Waals surface area contributed by atoms with E-state index in [1.807, 2.05) is 13.8 Å². The SMILES string of the molecule is CCc1nc(C2CCCN(Cc3ncc(C)o3)C2)no1. The molecule has 0 aliphatic carbocycles. The van der Waals surface area contributed by atoms with Crippen LogP contribution in [0.4, 0.5) is 0 Å². The summed E-state index contributed by atoms with van der Waals surface area (Å²) in [6, 6.07) is 0. The van der Waals surface area contributed by atoms with Gasteiger partial charge in [0, 0.05) is 18.9 Å². The zero-order valence-corrected chi connectivity index (χ0v) is 12.0. The zero-order valence-electron chi connectivity index (χ0n) is 12.0. The van der Waals surface area contributed by atoms with Crippen LogP contribution in [0.3, 0.4) is 0 Å². The van der Waals surface area contributed by atoms with Crippen LogP contribution in [0.5, 0.6) is 0 Å². The van der Waals surface area contributed by atoms with Gasteiger partial charge in [-0.15, -0.1) is 0 Å². The van der Waals surface area contributed by atoms with Gasteiger partial charge in [0.2, 0.25) is 11.8 Å². The molecule has 1 fully saturated rings. The Morgan fingerprint density at radius 2 is 2.30 bits per heavy atom. The molecule has 3 rings (SSSR count). The molecular formula is C14H20N4O2. The normalized spacial score (nSPS) is 20.4. The van der Waals surface area contributed by atoms with Crippen molar-refractivity contribution in [1.29, 1.82) is 0 Å². The lowest BCUT2D eigenvalue weighted by atomic mass is 9.97. The lowest BCUT2D eigenvalue weighted by Crippen LogP contribution is -2.34. The summed E-state index contributed by atoms with van der Waals surface area (Å²) in [7, 11) is 0. The number of aryl methyl sites for hydroxylation is 2. The minimum Gasteiger partial charge on any atom is -0.445 e. The Hall–Kier alpha value is -1.69. The second kappa shape index (κ2) is 5.75. The zero-order chi connectivity index (χ0) is 13.9. The number of likely N-dealkylation sites (tertiary alicyclic amines) is 1. The largest absolute Gasteiger partial charge is 0.445 e. The quantitative estimate of drug-likeness (QED) is 0.853. The third kappa shape index (κ3) is 2.90. The molecule has 20 heavy (non-hydrogen) atoms. The number of aromatic nitrogens is 3. The number of piperidine rings is 1. The lowest BCUT2D eigenvalue weighted by molar-refractivity contribution is 0.178. The highest BCUT2D eigenvalue weighted by molar-refractivity contribution is 4.99. The van der Waals surface area contributed by atoms with Crippen LogP contribution < -0.4 is 0 Å². The molecule has 3 heterocycles. The molecule has 0 spiro atoms. The van der Waals surface area contributed by atoms with Gasteiger partial charge in [0.1, 0.15) is 5.76 Å². The van der Waals surface area contributed by atoms with Crippen LogP contribution in [-0.2, 0) is 13.0 Å². The van der Waals surface area contributed by atoms with Crippen molar-refractivity contribution in [2.45, 2.75) is 45.6 Å². The number of hydrogen-bond acceptors (Lipinski definition) is 6. The van der Waals surface area contributed by atoms with Gasteiger partial charge in [-0.25, -0.2) is 4.98 Å². The highest BCUT2D eigenvalue weighted by Crippen LogP contribution is 2.25. The van der Waals surface area contributed by atoms with Crippen LogP contribution in [0.2, 0.25) is 0 Å². The minimum absolute atomic E-state index is 0.351. The first-order chi connectivity index (χ1) is 9.74. The topological polar surface area (TPSA) is 68.2 Å². The minimum atomic E-state index is 0.351. The summed E-state index contributed by atoms with van der Waals surface area (Å²) in [5, 5.41) is 4.10. The van der Waals surface area contributed by atoms with Gasteiger partial charge in [0.05, 0.1) is 12.7 Å². The Bertz CT molecular complexity index is 563. The standard InChI is InChI=1S/C14H20N4O2/c1-3-12-16-14(17-20-12)11-5-4-6-18(8-11)9-13-15-7-10(2)19-13/h7,11H,3-6,8-9H2,1-2H3. The summed E-state index contributed by atoms with van der Waals surface area (Å²) in [6.07, 6.45) is 4.81. The smallest absolute Gasteiger partial charge is 0.226 e. The number of rotatable bonds is 4. The molecule has 0 aromatic carbocycles. The van der Waals surface area contributed by atoms with Gasteiger partial charge >= 0.3 is 0 Å². The average Bonchev–Trinajstić information content (AvgIpc) is 3.08. The molecule has 1 unspecified atom stereocenters. The summed E-state index contributed by atoms with van der Waals surface area (Å²) in [4.78, 5) is 11.1. The van der Waals surface area contributed by atoms with Gasteiger partial charge < -0.3 is 8.94 Å². The van der Waals surface area contributed by atoms with E-state index < -0.39 is 0 Å². The first kappa shape index (κ1) is 13.3. The predicted octanol–water partition coefficient (Wildman–Crippen LogP) is 2.31. The molecule has 108 valence electrons. The van der Waals surface area contributed by atoms with E-state index >= 15 is 0 Å². The molecule has 0 saturated carbocycles. The summed E-state index contributed by atoms with van der Waals surface area (Å²) in [6.45, 7) is 6.69. The van der Waals surface area contributed by atoms with Crippen LogP contribution in [0, 0.1) is 6.92 Å². The Kier molecular flexibility index (Phi) is 3.82. The Balaban J connectivity index is 1.64. The fraction of sp³-hybridized carbons (Fsp3) is 0.643. The molecule has 0 amide bonds. The van der Waals surface area contributed by atoms with Crippen molar-refractivity contribution in [3.63, 3.8) is 0 Å². The second-order valence-corrected chi connectivity index (χ2v) is 5.34. The van der Waals surface area contributed by atoms with Crippen molar-refractivity contribution >= 4 is 0 Å². The molecular weight excluding hydrogens is 256 g/mol. The summed E-state index contributed by atoms with van der Waals surface area (Å²) >= 11 is 0. The first-order valence-electron chi connectivity index (χ1n) is 7.20. The van der Waals surface area contributed by atoms with Crippen LogP contribution in [0.1, 0.15) is 49.0 Å². The van der Waals surface area contributed by atoms with Gasteiger partial charge in [0.15, 0.2) is 5.82 Å². The highest BCUT2D eigenvalue weighted by Gasteiger charge is 2.26. The molecule has 0 N–H and O–H groups in total. The van der Waals surface area contributed by atoms with Gasteiger partial charge in [-0.2, -0.15) is 4.98 Å². The van der Waals surface area contributed by atoms with Crippen molar-refractivity contribution in [3.8, 4) is 0 Å². The molecule has 2 aromatic heterocycles. The summed E-state index contributed by atoms with van der Waals surface area (Å²) in [5.41, 5.74) is 0. The van der Waals surface area contributed by atoms with Crippen LogP contribution >= 0.6 is 0 Å². The summed E-state index contributed by atoms with van der Waals surface area (Å²) < 4.78 is 10.8. The summed E-state index contributed by atoms with van der Waals surface area (Å²) in [5.74, 6) is 3.56. The van der Waals surface area contributed by atoms with Crippen molar-refractivity contribution in [1.82, 2.24) is 20.0 Å². The van der Waals surface area contributed by atoms with E-state index in [0.717, 1.165) is 62.3 Å². The fourth-order valence-corrected chi connectivity index (χ4v) is 2.65. The van der Waals surface area contributed by atoms with E-state index in [-0.39, 0.29) is 0 Å².